The van der Waals surface area contributed by atoms with Crippen LogP contribution >= 0.6 is 12.4 Å². The molecule has 2 aromatic carbocycles. The summed E-state index contributed by atoms with van der Waals surface area (Å²) < 4.78 is 0. The van der Waals surface area contributed by atoms with Gasteiger partial charge in [-0.05, 0) is 41.8 Å². The molecule has 0 aromatic heterocycles. The highest BCUT2D eigenvalue weighted by Gasteiger charge is 2.01. The third kappa shape index (κ3) is 2.31. The van der Waals surface area contributed by atoms with Crippen LogP contribution < -0.4 is 5.73 Å². The van der Waals surface area contributed by atoms with Crippen molar-refractivity contribution >= 4 is 23.2 Å². The maximum Gasteiger partial charge on any atom is -0.00366 e. The molecule has 2 rings (SSSR count). The predicted octanol–water partition coefficient (Wildman–Crippen LogP) is 3.07. The average Bonchev–Trinajstić information content (AvgIpc) is 2.23. The normalized spacial score (nSPS) is 10.0. The van der Waals surface area contributed by atoms with E-state index in [4.69, 9.17) is 5.73 Å². The Morgan fingerprint density at radius 1 is 1.07 bits per heavy atom. The van der Waals surface area contributed by atoms with E-state index in [0.29, 0.717) is 0 Å². The van der Waals surface area contributed by atoms with Crippen molar-refractivity contribution in [3.05, 3.63) is 47.5 Å². The molecular weight excluding hydrogens is 206 g/mol. The summed E-state index contributed by atoms with van der Waals surface area (Å²) in [5, 5.41) is 2.66. The Labute approximate surface area is 96.7 Å². The smallest absolute Gasteiger partial charge is 0.00366 e. The highest BCUT2D eigenvalue weighted by Crippen LogP contribution is 2.21. The fourth-order valence-electron chi connectivity index (χ4n) is 1.90. The molecule has 0 radical (unpaired) electrons. The van der Waals surface area contributed by atoms with Crippen molar-refractivity contribution in [3.63, 3.8) is 0 Å². The summed E-state index contributed by atoms with van der Waals surface area (Å²) in [5.41, 5.74) is 8.31. The van der Waals surface area contributed by atoms with Gasteiger partial charge in [0.25, 0.3) is 0 Å². The van der Waals surface area contributed by atoms with Crippen LogP contribution in [0.25, 0.3) is 10.8 Å². The number of hydrogen-bond acceptors (Lipinski definition) is 1. The first kappa shape index (κ1) is 12.0. The molecule has 0 aliphatic rings. The van der Waals surface area contributed by atoms with Crippen LogP contribution in [0.3, 0.4) is 0 Å². The first-order valence-corrected chi connectivity index (χ1v) is 5.00. The second-order valence-corrected chi connectivity index (χ2v) is 3.61. The molecule has 15 heavy (non-hydrogen) atoms. The Balaban J connectivity index is 0.00000112. The Kier molecular flexibility index (Phi) is 4.13. The third-order valence-corrected chi connectivity index (χ3v) is 2.72. The lowest BCUT2D eigenvalue weighted by Gasteiger charge is -2.07. The van der Waals surface area contributed by atoms with Crippen LogP contribution in [0, 0.1) is 6.92 Å². The zero-order valence-electron chi connectivity index (χ0n) is 8.86. The minimum atomic E-state index is 0. The van der Waals surface area contributed by atoms with Gasteiger partial charge < -0.3 is 5.73 Å². The van der Waals surface area contributed by atoms with Gasteiger partial charge in [0.2, 0.25) is 0 Å². The molecule has 2 aromatic rings. The fourth-order valence-corrected chi connectivity index (χ4v) is 1.90. The Morgan fingerprint density at radius 3 is 2.53 bits per heavy atom. The van der Waals surface area contributed by atoms with Crippen LogP contribution in [-0.2, 0) is 6.42 Å². The summed E-state index contributed by atoms with van der Waals surface area (Å²) in [7, 11) is 0. The van der Waals surface area contributed by atoms with Crippen LogP contribution in [-0.4, -0.2) is 6.54 Å². The SMILES string of the molecule is Cc1c(CCN)ccc2ccccc12.Cl. The highest BCUT2D eigenvalue weighted by molar-refractivity contribution is 5.86. The number of halogens is 1. The Morgan fingerprint density at radius 2 is 1.80 bits per heavy atom. The number of hydrogen-bond donors (Lipinski definition) is 1. The molecule has 0 bridgehead atoms. The van der Waals surface area contributed by atoms with E-state index in [2.05, 4.69) is 43.3 Å². The summed E-state index contributed by atoms with van der Waals surface area (Å²) in [4.78, 5) is 0. The molecule has 0 saturated heterocycles. The summed E-state index contributed by atoms with van der Waals surface area (Å²) in [6.45, 7) is 2.90. The molecular formula is C13H16ClN. The summed E-state index contributed by atoms with van der Waals surface area (Å²) in [5.74, 6) is 0. The molecule has 0 aliphatic carbocycles. The molecule has 2 N–H and O–H groups in total. The van der Waals surface area contributed by atoms with E-state index >= 15 is 0 Å². The van der Waals surface area contributed by atoms with E-state index in [1.54, 1.807) is 0 Å². The largest absolute Gasteiger partial charge is 0.330 e. The van der Waals surface area contributed by atoms with Gasteiger partial charge in [0.1, 0.15) is 0 Å². The van der Waals surface area contributed by atoms with Crippen LogP contribution in [0.2, 0.25) is 0 Å². The van der Waals surface area contributed by atoms with Gasteiger partial charge in [-0.1, -0.05) is 36.4 Å². The fraction of sp³-hybridized carbons (Fsp3) is 0.231. The number of aryl methyl sites for hydroxylation is 1. The van der Waals surface area contributed by atoms with E-state index < -0.39 is 0 Å². The van der Waals surface area contributed by atoms with E-state index in [0.717, 1.165) is 13.0 Å². The van der Waals surface area contributed by atoms with E-state index in [1.807, 2.05) is 0 Å². The van der Waals surface area contributed by atoms with Crippen LogP contribution in [0.15, 0.2) is 36.4 Å². The zero-order chi connectivity index (χ0) is 9.97. The molecule has 0 aliphatic heterocycles. The minimum Gasteiger partial charge on any atom is -0.330 e. The molecule has 0 fully saturated rings. The molecule has 0 heterocycles. The van der Waals surface area contributed by atoms with Gasteiger partial charge in [0, 0.05) is 0 Å². The quantitative estimate of drug-likeness (QED) is 0.829. The molecule has 0 unspecified atom stereocenters. The van der Waals surface area contributed by atoms with Gasteiger partial charge >= 0.3 is 0 Å². The van der Waals surface area contributed by atoms with Gasteiger partial charge in [0.05, 0.1) is 0 Å². The maximum atomic E-state index is 5.57. The lowest BCUT2D eigenvalue weighted by atomic mass is 9.98. The molecule has 0 spiro atoms. The zero-order valence-corrected chi connectivity index (χ0v) is 9.68. The molecule has 0 saturated carbocycles. The van der Waals surface area contributed by atoms with Crippen LogP contribution in [0.1, 0.15) is 11.1 Å². The molecule has 0 amide bonds. The summed E-state index contributed by atoms with van der Waals surface area (Å²) in [6.07, 6.45) is 0.969. The Hall–Kier alpha value is -1.05. The molecule has 2 heteroatoms. The van der Waals surface area contributed by atoms with Gasteiger partial charge in [0.15, 0.2) is 0 Å². The van der Waals surface area contributed by atoms with Gasteiger partial charge in [-0.25, -0.2) is 0 Å². The number of benzene rings is 2. The predicted molar refractivity (Wildman–Crippen MR) is 68.7 cm³/mol. The minimum absolute atomic E-state index is 0. The average molecular weight is 222 g/mol. The number of fused-ring (bicyclic) bond motifs is 1. The maximum absolute atomic E-state index is 5.57. The monoisotopic (exact) mass is 221 g/mol. The van der Waals surface area contributed by atoms with E-state index in [9.17, 15) is 0 Å². The Bertz CT molecular complexity index is 451. The molecule has 0 atom stereocenters. The van der Waals surface area contributed by atoms with Crippen molar-refractivity contribution in [3.8, 4) is 0 Å². The number of nitrogens with two attached hydrogens (primary N) is 1. The van der Waals surface area contributed by atoms with Crippen molar-refractivity contribution in [1.29, 1.82) is 0 Å². The summed E-state index contributed by atoms with van der Waals surface area (Å²) in [6, 6.07) is 12.8. The van der Waals surface area contributed by atoms with Crippen molar-refractivity contribution in [1.82, 2.24) is 0 Å². The highest BCUT2D eigenvalue weighted by atomic mass is 35.5. The lowest BCUT2D eigenvalue weighted by molar-refractivity contribution is 0.961. The standard InChI is InChI=1S/C13H15N.ClH/c1-10-11(8-9-14)6-7-12-4-2-3-5-13(10)12;/h2-7H,8-9,14H2,1H3;1H. The first-order chi connectivity index (χ1) is 6.83. The number of rotatable bonds is 2. The molecule has 80 valence electrons. The van der Waals surface area contributed by atoms with Crippen LogP contribution in [0.5, 0.6) is 0 Å². The summed E-state index contributed by atoms with van der Waals surface area (Å²) >= 11 is 0. The third-order valence-electron chi connectivity index (χ3n) is 2.72. The van der Waals surface area contributed by atoms with E-state index in [1.165, 1.54) is 21.9 Å². The second-order valence-electron chi connectivity index (χ2n) is 3.61. The second kappa shape index (κ2) is 5.15. The van der Waals surface area contributed by atoms with Crippen molar-refractivity contribution in [2.75, 3.05) is 6.54 Å². The van der Waals surface area contributed by atoms with Gasteiger partial charge in [-0.3, -0.25) is 0 Å². The lowest BCUT2D eigenvalue weighted by Crippen LogP contribution is -2.04. The first-order valence-electron chi connectivity index (χ1n) is 5.00. The van der Waals surface area contributed by atoms with Crippen molar-refractivity contribution < 1.29 is 0 Å². The van der Waals surface area contributed by atoms with Crippen LogP contribution in [0.4, 0.5) is 0 Å². The van der Waals surface area contributed by atoms with E-state index in [-0.39, 0.29) is 12.4 Å². The topological polar surface area (TPSA) is 26.0 Å². The van der Waals surface area contributed by atoms with Crippen molar-refractivity contribution in [2.24, 2.45) is 5.73 Å². The van der Waals surface area contributed by atoms with Gasteiger partial charge in [-0.2, -0.15) is 0 Å². The van der Waals surface area contributed by atoms with Crippen molar-refractivity contribution in [2.45, 2.75) is 13.3 Å². The van der Waals surface area contributed by atoms with Gasteiger partial charge in [-0.15, -0.1) is 12.4 Å². The molecule has 1 nitrogen and oxygen atoms in total.